The predicted molar refractivity (Wildman–Crippen MR) is 99.7 cm³/mol. The number of halogens is 2. The van der Waals surface area contributed by atoms with Gasteiger partial charge in [-0.05, 0) is 30.2 Å². The fourth-order valence-electron chi connectivity index (χ4n) is 2.27. The number of carbonyl (C=O) groups is 2. The SMILES string of the molecule is CCNC(=O)NC(=O)[C@H](NCc1ccc(Cl)cc1Cl)c1ccccc1. The standard InChI is InChI=1S/C18H19Cl2N3O2/c1-2-21-18(25)23-17(24)16(12-6-4-3-5-7-12)22-11-13-8-9-14(19)10-15(13)20/h3-10,16,22H,2,11H2,1H3,(H2,21,23,24,25)/t16-/m1/s1. The number of hydrogen-bond acceptors (Lipinski definition) is 3. The number of urea groups is 1. The van der Waals surface area contributed by atoms with Gasteiger partial charge in [0, 0.05) is 23.1 Å². The molecule has 3 amide bonds. The van der Waals surface area contributed by atoms with Crippen molar-refractivity contribution in [2.45, 2.75) is 19.5 Å². The quantitative estimate of drug-likeness (QED) is 0.716. The molecule has 0 aromatic heterocycles. The molecular formula is C18H19Cl2N3O2. The third kappa shape index (κ3) is 5.74. The molecule has 5 nitrogen and oxygen atoms in total. The molecule has 2 rings (SSSR count). The van der Waals surface area contributed by atoms with Crippen LogP contribution in [0.4, 0.5) is 4.79 Å². The van der Waals surface area contributed by atoms with E-state index >= 15 is 0 Å². The highest BCUT2D eigenvalue weighted by Crippen LogP contribution is 2.22. The van der Waals surface area contributed by atoms with Gasteiger partial charge in [-0.3, -0.25) is 15.4 Å². The van der Waals surface area contributed by atoms with Crippen molar-refractivity contribution in [3.05, 3.63) is 69.7 Å². The third-order valence-corrected chi connectivity index (χ3v) is 4.07. The summed E-state index contributed by atoms with van der Waals surface area (Å²) in [7, 11) is 0. The Morgan fingerprint density at radius 3 is 2.44 bits per heavy atom. The maximum absolute atomic E-state index is 12.5. The second kappa shape index (κ2) is 9.42. The van der Waals surface area contributed by atoms with E-state index in [4.69, 9.17) is 23.2 Å². The molecule has 0 fully saturated rings. The molecule has 0 aliphatic rings. The van der Waals surface area contributed by atoms with Gasteiger partial charge in [0.1, 0.15) is 6.04 Å². The van der Waals surface area contributed by atoms with Gasteiger partial charge < -0.3 is 5.32 Å². The van der Waals surface area contributed by atoms with Crippen LogP contribution in [-0.4, -0.2) is 18.5 Å². The zero-order valence-electron chi connectivity index (χ0n) is 13.7. The summed E-state index contributed by atoms with van der Waals surface area (Å²) in [6, 6.07) is 13.1. The number of amides is 3. The Balaban J connectivity index is 2.14. The molecule has 2 aromatic rings. The second-order valence-corrected chi connectivity index (χ2v) is 6.15. The molecule has 25 heavy (non-hydrogen) atoms. The monoisotopic (exact) mass is 379 g/mol. The molecule has 0 aliphatic heterocycles. The molecule has 0 saturated heterocycles. The van der Waals surface area contributed by atoms with Gasteiger partial charge >= 0.3 is 6.03 Å². The molecule has 0 bridgehead atoms. The van der Waals surface area contributed by atoms with Gasteiger partial charge in [-0.25, -0.2) is 4.79 Å². The average molecular weight is 380 g/mol. The second-order valence-electron chi connectivity index (χ2n) is 5.31. The number of rotatable bonds is 6. The molecule has 0 radical (unpaired) electrons. The van der Waals surface area contributed by atoms with Crippen molar-refractivity contribution in [1.29, 1.82) is 0 Å². The number of nitrogens with one attached hydrogen (secondary N) is 3. The highest BCUT2D eigenvalue weighted by molar-refractivity contribution is 6.35. The van der Waals surface area contributed by atoms with E-state index in [1.807, 2.05) is 30.3 Å². The predicted octanol–water partition coefficient (Wildman–Crippen LogP) is 3.67. The van der Waals surface area contributed by atoms with Gasteiger partial charge in [0.15, 0.2) is 0 Å². The topological polar surface area (TPSA) is 70.2 Å². The first-order valence-corrected chi connectivity index (χ1v) is 8.57. The Morgan fingerprint density at radius 2 is 1.80 bits per heavy atom. The Kier molecular flexibility index (Phi) is 7.25. The van der Waals surface area contributed by atoms with Crippen LogP contribution in [0, 0.1) is 0 Å². The van der Waals surface area contributed by atoms with Crippen LogP contribution in [0.5, 0.6) is 0 Å². The van der Waals surface area contributed by atoms with Crippen molar-refractivity contribution in [2.24, 2.45) is 0 Å². The van der Waals surface area contributed by atoms with Crippen molar-refractivity contribution in [3.8, 4) is 0 Å². The van der Waals surface area contributed by atoms with Crippen LogP contribution >= 0.6 is 23.2 Å². The maximum atomic E-state index is 12.5. The van der Waals surface area contributed by atoms with Gasteiger partial charge in [-0.2, -0.15) is 0 Å². The van der Waals surface area contributed by atoms with E-state index in [2.05, 4.69) is 16.0 Å². The summed E-state index contributed by atoms with van der Waals surface area (Å²) in [5, 5.41) is 9.07. The van der Waals surface area contributed by atoms with E-state index in [-0.39, 0.29) is 0 Å². The van der Waals surface area contributed by atoms with Gasteiger partial charge in [-0.15, -0.1) is 0 Å². The third-order valence-electron chi connectivity index (χ3n) is 3.48. The number of imide groups is 1. The van der Waals surface area contributed by atoms with Crippen LogP contribution < -0.4 is 16.0 Å². The van der Waals surface area contributed by atoms with Crippen LogP contribution in [0.1, 0.15) is 24.1 Å². The molecule has 132 valence electrons. The Bertz CT molecular complexity index is 738. The summed E-state index contributed by atoms with van der Waals surface area (Å²) in [5.41, 5.74) is 1.55. The minimum absolute atomic E-state index is 0.346. The van der Waals surface area contributed by atoms with Gasteiger partial charge in [0.05, 0.1) is 0 Å². The number of carbonyl (C=O) groups excluding carboxylic acids is 2. The largest absolute Gasteiger partial charge is 0.338 e. The molecule has 0 heterocycles. The summed E-state index contributed by atoms with van der Waals surface area (Å²) in [6.07, 6.45) is 0. The lowest BCUT2D eigenvalue weighted by molar-refractivity contribution is -0.122. The van der Waals surface area contributed by atoms with Crippen LogP contribution in [0.25, 0.3) is 0 Å². The average Bonchev–Trinajstić information content (AvgIpc) is 2.58. The van der Waals surface area contributed by atoms with Crippen LogP contribution in [-0.2, 0) is 11.3 Å². The van der Waals surface area contributed by atoms with Crippen molar-refractivity contribution in [3.63, 3.8) is 0 Å². The van der Waals surface area contributed by atoms with Gasteiger partial charge in [-0.1, -0.05) is 59.6 Å². The molecule has 0 aliphatic carbocycles. The van der Waals surface area contributed by atoms with E-state index in [9.17, 15) is 9.59 Å². The van der Waals surface area contributed by atoms with Crippen molar-refractivity contribution < 1.29 is 9.59 Å². The summed E-state index contributed by atoms with van der Waals surface area (Å²) in [5.74, 6) is -0.442. The smallest absolute Gasteiger partial charge is 0.321 e. The van der Waals surface area contributed by atoms with E-state index in [0.29, 0.717) is 23.1 Å². The van der Waals surface area contributed by atoms with E-state index in [1.165, 1.54) is 0 Å². The normalized spacial score (nSPS) is 11.6. The van der Waals surface area contributed by atoms with Crippen molar-refractivity contribution in [1.82, 2.24) is 16.0 Å². The summed E-state index contributed by atoms with van der Waals surface area (Å²) < 4.78 is 0. The van der Waals surface area contributed by atoms with Crippen LogP contribution in [0.3, 0.4) is 0 Å². The maximum Gasteiger partial charge on any atom is 0.321 e. The van der Waals surface area contributed by atoms with Crippen LogP contribution in [0.2, 0.25) is 10.0 Å². The molecular weight excluding hydrogens is 361 g/mol. The Hall–Kier alpha value is -2.08. The summed E-state index contributed by atoms with van der Waals surface area (Å²) in [6.45, 7) is 2.56. The summed E-state index contributed by atoms with van der Waals surface area (Å²) >= 11 is 12.1. The van der Waals surface area contributed by atoms with Gasteiger partial charge in [0.2, 0.25) is 5.91 Å². The highest BCUT2D eigenvalue weighted by Gasteiger charge is 2.22. The first-order valence-electron chi connectivity index (χ1n) is 7.82. The Morgan fingerprint density at radius 1 is 1.08 bits per heavy atom. The molecule has 1 atom stereocenters. The van der Waals surface area contributed by atoms with E-state index in [0.717, 1.165) is 11.1 Å². The van der Waals surface area contributed by atoms with E-state index in [1.54, 1.807) is 25.1 Å². The minimum Gasteiger partial charge on any atom is -0.338 e. The Labute approximate surface area is 156 Å². The molecule has 0 saturated carbocycles. The zero-order chi connectivity index (χ0) is 18.2. The lowest BCUT2D eigenvalue weighted by Gasteiger charge is -2.19. The summed E-state index contributed by atoms with van der Waals surface area (Å²) in [4.78, 5) is 24.1. The molecule has 7 heteroatoms. The minimum atomic E-state index is -0.699. The fraction of sp³-hybridized carbons (Fsp3) is 0.222. The molecule has 0 spiro atoms. The lowest BCUT2D eigenvalue weighted by Crippen LogP contribution is -2.45. The van der Waals surface area contributed by atoms with Crippen molar-refractivity contribution in [2.75, 3.05) is 6.54 Å². The first kappa shape index (κ1) is 19.2. The fourth-order valence-corrected chi connectivity index (χ4v) is 2.75. The van der Waals surface area contributed by atoms with Crippen molar-refractivity contribution >= 4 is 35.1 Å². The molecule has 2 aromatic carbocycles. The number of hydrogen-bond donors (Lipinski definition) is 3. The number of benzene rings is 2. The molecule has 3 N–H and O–H groups in total. The van der Waals surface area contributed by atoms with E-state index < -0.39 is 18.0 Å². The van der Waals surface area contributed by atoms with Crippen LogP contribution in [0.15, 0.2) is 48.5 Å². The first-order chi connectivity index (χ1) is 12.0. The lowest BCUT2D eigenvalue weighted by atomic mass is 10.1. The van der Waals surface area contributed by atoms with Gasteiger partial charge in [0.25, 0.3) is 0 Å². The zero-order valence-corrected chi connectivity index (χ0v) is 15.2. The highest BCUT2D eigenvalue weighted by atomic mass is 35.5. The molecule has 0 unspecified atom stereocenters.